The molecule has 2 heterocycles. The second-order valence-corrected chi connectivity index (χ2v) is 5.22. The highest BCUT2D eigenvalue weighted by molar-refractivity contribution is 6.30. The predicted octanol–water partition coefficient (Wildman–Crippen LogP) is 2.25. The molecule has 25 heavy (non-hydrogen) atoms. The van der Waals surface area contributed by atoms with Gasteiger partial charge in [-0.25, -0.2) is 14.8 Å². The van der Waals surface area contributed by atoms with E-state index in [-0.39, 0.29) is 34.6 Å². The lowest BCUT2D eigenvalue weighted by atomic mass is 10.1. The molecule has 0 aromatic carbocycles. The average molecular weight is 359 g/mol. The first-order valence-electron chi connectivity index (χ1n) is 7.29. The summed E-state index contributed by atoms with van der Waals surface area (Å²) in [4.78, 5) is 31.0. The Morgan fingerprint density at radius 3 is 2.80 bits per heavy atom. The van der Waals surface area contributed by atoms with Crippen LogP contribution >= 0.6 is 11.6 Å². The molecule has 7 nitrogen and oxygen atoms in total. The molecule has 0 aliphatic heterocycles. The normalized spacial score (nSPS) is 9.72. The second-order valence-electron chi connectivity index (χ2n) is 4.84. The largest absolute Gasteiger partial charge is 0.462 e. The minimum absolute atomic E-state index is 0.0789. The highest BCUT2D eigenvalue weighted by atomic mass is 35.5. The topological polar surface area (TPSA) is 107 Å². The molecule has 0 spiro atoms. The molecular weight excluding hydrogens is 344 g/mol. The van der Waals surface area contributed by atoms with Gasteiger partial charge < -0.3 is 15.8 Å². The van der Waals surface area contributed by atoms with Gasteiger partial charge in [0.25, 0.3) is 0 Å². The van der Waals surface area contributed by atoms with E-state index in [9.17, 15) is 9.59 Å². The van der Waals surface area contributed by atoms with Crippen molar-refractivity contribution in [1.29, 1.82) is 0 Å². The maximum Gasteiger partial charge on any atom is 0.340 e. The Kier molecular flexibility index (Phi) is 5.93. The standard InChI is InChI=1S/C17H15ClN4O3/c1-3-25-17(24)12-9-14(18)22-13(16(12)19)5-4-11-6-7-20-15(8-11)21-10(2)23/h6-9H,3,19H2,1-2H3,(H,20,21,23). The quantitative estimate of drug-likeness (QED) is 0.495. The maximum absolute atomic E-state index is 11.9. The summed E-state index contributed by atoms with van der Waals surface area (Å²) < 4.78 is 4.93. The molecule has 0 radical (unpaired) electrons. The van der Waals surface area contributed by atoms with E-state index in [1.165, 1.54) is 19.2 Å². The van der Waals surface area contributed by atoms with Crippen molar-refractivity contribution in [3.63, 3.8) is 0 Å². The first-order chi connectivity index (χ1) is 11.9. The lowest BCUT2D eigenvalue weighted by Crippen LogP contribution is -2.10. The van der Waals surface area contributed by atoms with Crippen molar-refractivity contribution in [2.75, 3.05) is 17.7 Å². The summed E-state index contributed by atoms with van der Waals surface area (Å²) in [5.41, 5.74) is 6.89. The smallest absolute Gasteiger partial charge is 0.340 e. The molecule has 2 aromatic rings. The minimum atomic E-state index is -0.593. The van der Waals surface area contributed by atoms with E-state index in [4.69, 9.17) is 22.1 Å². The molecule has 1 amide bonds. The van der Waals surface area contributed by atoms with Crippen LogP contribution in [0, 0.1) is 11.8 Å². The van der Waals surface area contributed by atoms with Crippen molar-refractivity contribution in [2.45, 2.75) is 13.8 Å². The van der Waals surface area contributed by atoms with E-state index in [0.29, 0.717) is 11.4 Å². The number of anilines is 2. The first-order valence-corrected chi connectivity index (χ1v) is 7.67. The van der Waals surface area contributed by atoms with Crippen LogP contribution in [-0.4, -0.2) is 28.5 Å². The molecule has 2 rings (SSSR count). The summed E-state index contributed by atoms with van der Waals surface area (Å²) in [6.07, 6.45) is 1.51. The third-order valence-corrected chi connectivity index (χ3v) is 3.11. The Labute approximate surface area is 149 Å². The van der Waals surface area contributed by atoms with Crippen molar-refractivity contribution in [3.8, 4) is 11.8 Å². The SMILES string of the molecule is CCOC(=O)c1cc(Cl)nc(C#Cc2ccnc(NC(C)=O)c2)c1N. The summed E-state index contributed by atoms with van der Waals surface area (Å²) in [6, 6.07) is 4.59. The highest BCUT2D eigenvalue weighted by Gasteiger charge is 2.15. The molecule has 128 valence electrons. The van der Waals surface area contributed by atoms with E-state index in [1.54, 1.807) is 19.1 Å². The van der Waals surface area contributed by atoms with Crippen molar-refractivity contribution in [1.82, 2.24) is 9.97 Å². The number of hydrogen-bond acceptors (Lipinski definition) is 6. The Bertz CT molecular complexity index is 887. The summed E-state index contributed by atoms with van der Waals surface area (Å²) in [5.74, 6) is 5.16. The lowest BCUT2D eigenvalue weighted by molar-refractivity contribution is -0.114. The van der Waals surface area contributed by atoms with Crippen LogP contribution < -0.4 is 11.1 Å². The van der Waals surface area contributed by atoms with E-state index in [1.807, 2.05) is 0 Å². The van der Waals surface area contributed by atoms with E-state index < -0.39 is 5.97 Å². The van der Waals surface area contributed by atoms with Crippen LogP contribution in [0.15, 0.2) is 24.4 Å². The van der Waals surface area contributed by atoms with Crippen molar-refractivity contribution >= 4 is 35.0 Å². The number of amides is 1. The van der Waals surface area contributed by atoms with Crippen LogP contribution in [0.2, 0.25) is 5.15 Å². The van der Waals surface area contributed by atoms with E-state index in [0.717, 1.165) is 0 Å². The molecule has 0 unspecified atom stereocenters. The van der Waals surface area contributed by atoms with Crippen molar-refractivity contribution < 1.29 is 14.3 Å². The molecule has 3 N–H and O–H groups in total. The summed E-state index contributed by atoms with van der Waals surface area (Å²) in [6.45, 7) is 3.28. The number of carbonyl (C=O) groups is 2. The number of carbonyl (C=O) groups excluding carboxylic acids is 2. The van der Waals surface area contributed by atoms with Gasteiger partial charge in [-0.3, -0.25) is 4.79 Å². The Morgan fingerprint density at radius 2 is 2.12 bits per heavy atom. The average Bonchev–Trinajstić information content (AvgIpc) is 2.55. The molecule has 0 bridgehead atoms. The lowest BCUT2D eigenvalue weighted by Gasteiger charge is -2.07. The number of nitrogens with one attached hydrogen (secondary N) is 1. The fourth-order valence-corrected chi connectivity index (χ4v) is 2.08. The maximum atomic E-state index is 11.9. The molecule has 8 heteroatoms. The van der Waals surface area contributed by atoms with Gasteiger partial charge in [-0.1, -0.05) is 17.5 Å². The van der Waals surface area contributed by atoms with Crippen LogP contribution in [0.1, 0.15) is 35.5 Å². The fourth-order valence-electron chi connectivity index (χ4n) is 1.89. The molecular formula is C17H15ClN4O3. The zero-order valence-electron chi connectivity index (χ0n) is 13.6. The number of hydrogen-bond donors (Lipinski definition) is 2. The number of ether oxygens (including phenoxy) is 1. The van der Waals surface area contributed by atoms with Gasteiger partial charge >= 0.3 is 5.97 Å². The van der Waals surface area contributed by atoms with Gasteiger partial charge in [0.2, 0.25) is 5.91 Å². The number of halogens is 1. The second kappa shape index (κ2) is 8.13. The summed E-state index contributed by atoms with van der Waals surface area (Å²) in [7, 11) is 0. The molecule has 2 aromatic heterocycles. The van der Waals surface area contributed by atoms with E-state index in [2.05, 4.69) is 27.1 Å². The van der Waals surface area contributed by atoms with Crippen LogP contribution in [0.4, 0.5) is 11.5 Å². The van der Waals surface area contributed by atoms with Gasteiger partial charge in [0.05, 0.1) is 17.9 Å². The molecule has 0 saturated heterocycles. The fraction of sp³-hybridized carbons (Fsp3) is 0.176. The van der Waals surface area contributed by atoms with Gasteiger partial charge in [0, 0.05) is 18.7 Å². The van der Waals surface area contributed by atoms with Gasteiger partial charge in [-0.15, -0.1) is 0 Å². The van der Waals surface area contributed by atoms with Crippen LogP contribution in [0.25, 0.3) is 0 Å². The summed E-state index contributed by atoms with van der Waals surface area (Å²) >= 11 is 5.93. The van der Waals surface area contributed by atoms with Gasteiger partial charge in [-0.05, 0) is 31.0 Å². The summed E-state index contributed by atoms with van der Waals surface area (Å²) in [5, 5.41) is 2.64. The third kappa shape index (κ3) is 4.93. The number of pyridine rings is 2. The number of nitrogens with two attached hydrogens (primary N) is 1. The Hall–Kier alpha value is -3.11. The van der Waals surface area contributed by atoms with Gasteiger partial charge in [-0.2, -0.15) is 0 Å². The molecule has 0 saturated carbocycles. The molecule has 0 fully saturated rings. The third-order valence-electron chi connectivity index (χ3n) is 2.91. The highest BCUT2D eigenvalue weighted by Crippen LogP contribution is 2.20. The monoisotopic (exact) mass is 358 g/mol. The van der Waals surface area contributed by atoms with Crippen molar-refractivity contribution in [2.24, 2.45) is 0 Å². The molecule has 0 atom stereocenters. The van der Waals surface area contributed by atoms with Gasteiger partial charge in [0.15, 0.2) is 0 Å². The molecule has 0 aliphatic carbocycles. The zero-order valence-corrected chi connectivity index (χ0v) is 14.3. The number of nitrogens with zero attached hydrogens (tertiary/aromatic N) is 2. The molecule has 0 aliphatic rings. The number of aromatic nitrogens is 2. The number of nitrogen functional groups attached to an aromatic ring is 1. The first kappa shape index (κ1) is 18.2. The Balaban J connectivity index is 2.37. The van der Waals surface area contributed by atoms with Crippen molar-refractivity contribution in [3.05, 3.63) is 46.4 Å². The minimum Gasteiger partial charge on any atom is -0.462 e. The van der Waals surface area contributed by atoms with Crippen LogP contribution in [0.3, 0.4) is 0 Å². The van der Waals surface area contributed by atoms with Gasteiger partial charge in [0.1, 0.15) is 16.7 Å². The number of rotatable bonds is 3. The Morgan fingerprint density at radius 1 is 1.36 bits per heavy atom. The number of esters is 1. The van der Waals surface area contributed by atoms with E-state index >= 15 is 0 Å². The van der Waals surface area contributed by atoms with Crippen LogP contribution in [0.5, 0.6) is 0 Å². The zero-order chi connectivity index (χ0) is 18.4. The predicted molar refractivity (Wildman–Crippen MR) is 94.1 cm³/mol. The van der Waals surface area contributed by atoms with Crippen LogP contribution in [-0.2, 0) is 9.53 Å².